The number of pyridine rings is 1. The van der Waals surface area contributed by atoms with Gasteiger partial charge in [-0.05, 0) is 24.3 Å². The fraction of sp³-hybridized carbons (Fsp3) is 0. The molecule has 3 heterocycles. The molecule has 0 saturated heterocycles. The fourth-order valence-electron chi connectivity index (χ4n) is 2.28. The molecular weight excluding hydrogens is 314 g/mol. The molecular formula is C17H10F2N4O. The van der Waals surface area contributed by atoms with E-state index in [1.807, 2.05) is 28.9 Å². The zero-order valence-electron chi connectivity index (χ0n) is 12.2. The first-order valence-corrected chi connectivity index (χ1v) is 7.08. The number of imidazole rings is 1. The Labute approximate surface area is 135 Å². The number of fused-ring (bicyclic) bond motifs is 1. The van der Waals surface area contributed by atoms with Crippen molar-refractivity contribution in [2.45, 2.75) is 0 Å². The number of halogens is 2. The Kier molecular flexibility index (Phi) is 3.38. The minimum Gasteiger partial charge on any atom is -0.418 e. The smallest absolute Gasteiger partial charge is 0.322 e. The molecule has 118 valence electrons. The van der Waals surface area contributed by atoms with E-state index in [-0.39, 0.29) is 6.01 Å². The summed E-state index contributed by atoms with van der Waals surface area (Å²) >= 11 is 0. The third-order valence-electron chi connectivity index (χ3n) is 3.46. The molecule has 0 radical (unpaired) electrons. The van der Waals surface area contributed by atoms with E-state index in [9.17, 15) is 8.78 Å². The molecule has 0 atom stereocenters. The van der Waals surface area contributed by atoms with E-state index in [2.05, 4.69) is 15.0 Å². The zero-order valence-corrected chi connectivity index (χ0v) is 12.2. The van der Waals surface area contributed by atoms with Crippen molar-refractivity contribution in [1.29, 1.82) is 0 Å². The van der Waals surface area contributed by atoms with Gasteiger partial charge in [-0.1, -0.05) is 6.07 Å². The topological polar surface area (TPSA) is 52.3 Å². The maximum atomic E-state index is 13.6. The van der Waals surface area contributed by atoms with Gasteiger partial charge in [-0.15, -0.1) is 0 Å². The molecule has 0 N–H and O–H groups in total. The summed E-state index contributed by atoms with van der Waals surface area (Å²) in [4.78, 5) is 12.2. The third-order valence-corrected chi connectivity index (χ3v) is 3.46. The highest BCUT2D eigenvalue weighted by atomic mass is 19.1. The van der Waals surface area contributed by atoms with Gasteiger partial charge in [0.15, 0.2) is 11.6 Å². The van der Waals surface area contributed by atoms with E-state index in [0.29, 0.717) is 0 Å². The van der Waals surface area contributed by atoms with Crippen molar-refractivity contribution >= 4 is 5.65 Å². The van der Waals surface area contributed by atoms with E-state index in [1.54, 1.807) is 6.20 Å². The van der Waals surface area contributed by atoms with Crippen molar-refractivity contribution in [3.05, 3.63) is 73.0 Å². The Balaban J connectivity index is 1.62. The molecule has 3 aromatic heterocycles. The van der Waals surface area contributed by atoms with Crippen LogP contribution in [0.15, 0.2) is 61.3 Å². The molecule has 0 unspecified atom stereocenters. The number of hydrogen-bond acceptors (Lipinski definition) is 4. The summed E-state index contributed by atoms with van der Waals surface area (Å²) in [6.45, 7) is 0. The highest BCUT2D eigenvalue weighted by molar-refractivity contribution is 5.63. The van der Waals surface area contributed by atoms with Crippen LogP contribution < -0.4 is 4.74 Å². The number of benzene rings is 1. The number of aromatic nitrogens is 4. The first-order valence-electron chi connectivity index (χ1n) is 7.08. The second-order valence-electron chi connectivity index (χ2n) is 5.02. The lowest BCUT2D eigenvalue weighted by molar-refractivity contribution is 0.382. The van der Waals surface area contributed by atoms with Crippen LogP contribution in [0.3, 0.4) is 0 Å². The summed E-state index contributed by atoms with van der Waals surface area (Å²) in [5.41, 5.74) is 2.45. The first kappa shape index (κ1) is 14.3. The molecule has 24 heavy (non-hydrogen) atoms. The van der Waals surface area contributed by atoms with Crippen LogP contribution in [0, 0.1) is 11.6 Å². The highest BCUT2D eigenvalue weighted by Crippen LogP contribution is 2.26. The van der Waals surface area contributed by atoms with E-state index in [1.165, 1.54) is 18.5 Å². The van der Waals surface area contributed by atoms with E-state index in [0.717, 1.165) is 28.9 Å². The van der Waals surface area contributed by atoms with Crippen molar-refractivity contribution in [2.75, 3.05) is 0 Å². The van der Waals surface area contributed by atoms with Gasteiger partial charge in [0.1, 0.15) is 5.65 Å². The van der Waals surface area contributed by atoms with Crippen molar-refractivity contribution in [2.24, 2.45) is 0 Å². The summed E-state index contributed by atoms with van der Waals surface area (Å²) in [6, 6.07) is 7.09. The van der Waals surface area contributed by atoms with E-state index >= 15 is 0 Å². The predicted octanol–water partition coefficient (Wildman–Crippen LogP) is 3.86. The predicted molar refractivity (Wildman–Crippen MR) is 82.7 cm³/mol. The van der Waals surface area contributed by atoms with Crippen molar-refractivity contribution in [3.8, 4) is 22.9 Å². The minimum absolute atomic E-state index is 0.133. The Hall–Kier alpha value is -3.35. The van der Waals surface area contributed by atoms with E-state index < -0.39 is 17.4 Å². The fourth-order valence-corrected chi connectivity index (χ4v) is 2.28. The average molecular weight is 324 g/mol. The summed E-state index contributed by atoms with van der Waals surface area (Å²) < 4.78 is 34.1. The van der Waals surface area contributed by atoms with Crippen molar-refractivity contribution in [3.63, 3.8) is 0 Å². The van der Waals surface area contributed by atoms with Crippen LogP contribution >= 0.6 is 0 Å². The van der Waals surface area contributed by atoms with Crippen LogP contribution in [0.5, 0.6) is 11.8 Å². The SMILES string of the molecule is Fc1cccc(F)c1Oc1ncc(-c2ccc3nccn3c2)cn1. The number of nitrogens with zero attached hydrogens (tertiary/aromatic N) is 4. The van der Waals surface area contributed by atoms with Crippen LogP contribution in [0.2, 0.25) is 0 Å². The lowest BCUT2D eigenvalue weighted by Crippen LogP contribution is -1.96. The van der Waals surface area contributed by atoms with Gasteiger partial charge in [0, 0.05) is 42.1 Å². The second kappa shape index (κ2) is 5.69. The molecule has 0 spiro atoms. The van der Waals surface area contributed by atoms with Crippen LogP contribution in [-0.2, 0) is 0 Å². The maximum absolute atomic E-state index is 13.6. The minimum atomic E-state index is -0.812. The lowest BCUT2D eigenvalue weighted by Gasteiger charge is -2.07. The van der Waals surface area contributed by atoms with Gasteiger partial charge in [0.25, 0.3) is 0 Å². The molecule has 7 heteroatoms. The molecule has 0 aliphatic rings. The molecule has 1 aromatic carbocycles. The van der Waals surface area contributed by atoms with Gasteiger partial charge in [0.2, 0.25) is 5.75 Å². The maximum Gasteiger partial charge on any atom is 0.322 e. The number of para-hydroxylation sites is 1. The van der Waals surface area contributed by atoms with Crippen LogP contribution in [0.1, 0.15) is 0 Å². The summed E-state index contributed by atoms with van der Waals surface area (Å²) in [5.74, 6) is -2.15. The van der Waals surface area contributed by atoms with Gasteiger partial charge in [-0.25, -0.2) is 23.7 Å². The molecule has 0 fully saturated rings. The third kappa shape index (κ3) is 2.56. The van der Waals surface area contributed by atoms with Crippen molar-refractivity contribution < 1.29 is 13.5 Å². The monoisotopic (exact) mass is 324 g/mol. The highest BCUT2D eigenvalue weighted by Gasteiger charge is 2.12. The van der Waals surface area contributed by atoms with Gasteiger partial charge < -0.3 is 9.14 Å². The summed E-state index contributed by atoms with van der Waals surface area (Å²) in [7, 11) is 0. The molecule has 0 aliphatic carbocycles. The van der Waals surface area contributed by atoms with Gasteiger partial charge >= 0.3 is 6.01 Å². The Morgan fingerprint density at radius 2 is 1.62 bits per heavy atom. The lowest BCUT2D eigenvalue weighted by atomic mass is 10.1. The quantitative estimate of drug-likeness (QED) is 0.574. The van der Waals surface area contributed by atoms with Gasteiger partial charge in [0.05, 0.1) is 0 Å². The Morgan fingerprint density at radius 3 is 2.38 bits per heavy atom. The molecule has 0 amide bonds. The number of rotatable bonds is 3. The average Bonchev–Trinajstić information content (AvgIpc) is 3.06. The van der Waals surface area contributed by atoms with Gasteiger partial charge in [-0.3, -0.25) is 0 Å². The second-order valence-corrected chi connectivity index (χ2v) is 5.02. The number of ether oxygens (including phenoxy) is 1. The summed E-state index contributed by atoms with van der Waals surface area (Å²) in [6.07, 6.45) is 8.48. The largest absolute Gasteiger partial charge is 0.418 e. The standard InChI is InChI=1S/C17H10F2N4O/c18-13-2-1-3-14(19)16(13)24-17-21-8-12(9-22-17)11-4-5-15-20-6-7-23(15)10-11/h1-10H. The molecule has 4 aromatic rings. The molecule has 4 rings (SSSR count). The van der Waals surface area contributed by atoms with Gasteiger partial charge in [-0.2, -0.15) is 0 Å². The van der Waals surface area contributed by atoms with Crippen LogP contribution in [0.25, 0.3) is 16.8 Å². The van der Waals surface area contributed by atoms with Crippen LogP contribution in [0.4, 0.5) is 8.78 Å². The van der Waals surface area contributed by atoms with E-state index in [4.69, 9.17) is 4.74 Å². The molecule has 0 bridgehead atoms. The zero-order chi connectivity index (χ0) is 16.5. The Morgan fingerprint density at radius 1 is 0.875 bits per heavy atom. The molecule has 5 nitrogen and oxygen atoms in total. The first-order chi connectivity index (χ1) is 11.7. The molecule has 0 aliphatic heterocycles. The Bertz CT molecular complexity index is 994. The summed E-state index contributed by atoms with van der Waals surface area (Å²) in [5, 5.41) is 0. The van der Waals surface area contributed by atoms with Crippen molar-refractivity contribution in [1.82, 2.24) is 19.4 Å². The number of hydrogen-bond donors (Lipinski definition) is 0. The van der Waals surface area contributed by atoms with Crippen LogP contribution in [-0.4, -0.2) is 19.4 Å². The normalized spacial score (nSPS) is 10.9. The molecule has 0 saturated carbocycles.